The second-order valence-electron chi connectivity index (χ2n) is 4.64. The summed E-state index contributed by atoms with van der Waals surface area (Å²) in [7, 11) is 0. The fourth-order valence-corrected chi connectivity index (χ4v) is 3.14. The van der Waals surface area contributed by atoms with Crippen molar-refractivity contribution < 1.29 is 19.6 Å². The molecule has 1 aromatic rings. The van der Waals surface area contributed by atoms with Crippen LogP contribution in [0.1, 0.15) is 35.4 Å². The summed E-state index contributed by atoms with van der Waals surface area (Å²) in [5.74, 6) is -1.25. The molecule has 1 unspecified atom stereocenters. The van der Waals surface area contributed by atoms with Gasteiger partial charge in [0.25, 0.3) is 5.91 Å². The van der Waals surface area contributed by atoms with Gasteiger partial charge in [-0.15, -0.1) is 0 Å². The summed E-state index contributed by atoms with van der Waals surface area (Å²) in [5, 5.41) is 19.4. The second kappa shape index (κ2) is 6.00. The molecular formula is C12H14N2O5S. The summed E-state index contributed by atoms with van der Waals surface area (Å²) >= 11 is 0.826. The van der Waals surface area contributed by atoms with E-state index < -0.39 is 10.9 Å². The fourth-order valence-electron chi connectivity index (χ4n) is 2.36. The van der Waals surface area contributed by atoms with E-state index in [2.05, 4.69) is 0 Å². The lowest BCUT2D eigenvalue weighted by Gasteiger charge is -2.34. The van der Waals surface area contributed by atoms with Gasteiger partial charge in [0.1, 0.15) is 0 Å². The molecule has 1 amide bonds. The van der Waals surface area contributed by atoms with Gasteiger partial charge in [0.15, 0.2) is 0 Å². The lowest BCUT2D eigenvalue weighted by molar-refractivity contribution is -0.380. The van der Waals surface area contributed by atoms with E-state index in [1.807, 2.05) is 0 Å². The molecule has 0 aromatic carbocycles. The minimum absolute atomic E-state index is 0.0832. The van der Waals surface area contributed by atoms with Gasteiger partial charge in [-0.05, 0) is 25.3 Å². The average Bonchev–Trinajstić information content (AvgIpc) is 2.87. The van der Waals surface area contributed by atoms with E-state index in [9.17, 15) is 19.7 Å². The number of amides is 1. The maximum absolute atomic E-state index is 12.3. The summed E-state index contributed by atoms with van der Waals surface area (Å²) in [5.41, 5.74) is 0. The molecule has 0 bridgehead atoms. The highest BCUT2D eigenvalue weighted by Crippen LogP contribution is 2.28. The molecule has 0 spiro atoms. The summed E-state index contributed by atoms with van der Waals surface area (Å²) in [6.45, 7) is 0.502. The Hall–Kier alpha value is -1.96. The molecule has 2 rings (SSSR count). The highest BCUT2D eigenvalue weighted by Gasteiger charge is 2.30. The molecular weight excluding hydrogens is 284 g/mol. The number of piperidine rings is 1. The zero-order chi connectivity index (χ0) is 14.7. The molecule has 0 saturated carbocycles. The molecule has 1 atom stereocenters. The van der Waals surface area contributed by atoms with Crippen LogP contribution >= 0.6 is 11.3 Å². The Morgan fingerprint density at radius 1 is 1.45 bits per heavy atom. The van der Waals surface area contributed by atoms with Crippen molar-refractivity contribution in [1.29, 1.82) is 0 Å². The van der Waals surface area contributed by atoms with Crippen LogP contribution in [-0.4, -0.2) is 39.4 Å². The largest absolute Gasteiger partial charge is 0.481 e. The molecule has 1 aliphatic rings. The molecule has 1 aromatic heterocycles. The first-order valence-electron chi connectivity index (χ1n) is 6.26. The van der Waals surface area contributed by atoms with Crippen LogP contribution < -0.4 is 0 Å². The first-order valence-corrected chi connectivity index (χ1v) is 7.07. The molecule has 1 fully saturated rings. The van der Waals surface area contributed by atoms with Crippen molar-refractivity contribution in [2.75, 3.05) is 6.54 Å². The third-order valence-corrected chi connectivity index (χ3v) is 4.31. The summed E-state index contributed by atoms with van der Waals surface area (Å²) in [6, 6.07) is 2.40. The minimum Gasteiger partial charge on any atom is -0.481 e. The normalized spacial score (nSPS) is 18.8. The first-order chi connectivity index (χ1) is 9.49. The molecule has 7 nitrogen and oxygen atoms in total. The SMILES string of the molecule is O=C(O)CC1CCCCN1C(=O)c1ccc([N+](=O)[O-])s1. The van der Waals surface area contributed by atoms with Gasteiger partial charge in [-0.3, -0.25) is 19.7 Å². The topological polar surface area (TPSA) is 101 Å². The standard InChI is InChI=1S/C12H14N2O5S/c15-11(16)7-8-3-1-2-6-13(8)12(17)9-4-5-10(20-9)14(18)19/h4-5,8H,1-3,6-7H2,(H,15,16). The third-order valence-electron chi connectivity index (χ3n) is 3.28. The summed E-state index contributed by atoms with van der Waals surface area (Å²) < 4.78 is 0. The number of aliphatic carboxylic acids is 1. The number of carbonyl (C=O) groups excluding carboxylic acids is 1. The highest BCUT2D eigenvalue weighted by atomic mass is 32.1. The number of hydrogen-bond acceptors (Lipinski definition) is 5. The maximum Gasteiger partial charge on any atom is 0.324 e. The van der Waals surface area contributed by atoms with E-state index >= 15 is 0 Å². The van der Waals surface area contributed by atoms with Crippen LogP contribution in [0, 0.1) is 10.1 Å². The number of hydrogen-bond donors (Lipinski definition) is 1. The molecule has 1 saturated heterocycles. The van der Waals surface area contributed by atoms with Crippen LogP contribution in [0.15, 0.2) is 12.1 Å². The Labute approximate surface area is 119 Å². The van der Waals surface area contributed by atoms with Crippen LogP contribution in [-0.2, 0) is 4.79 Å². The molecule has 0 aliphatic carbocycles. The van der Waals surface area contributed by atoms with Crippen molar-refractivity contribution in [3.05, 3.63) is 27.1 Å². The lowest BCUT2D eigenvalue weighted by atomic mass is 9.99. The van der Waals surface area contributed by atoms with Crippen LogP contribution in [0.2, 0.25) is 0 Å². The summed E-state index contributed by atoms with van der Waals surface area (Å²) in [4.78, 5) is 35.1. The number of nitrogens with zero attached hydrogens (tertiary/aromatic N) is 2. The van der Waals surface area contributed by atoms with Gasteiger partial charge in [0.2, 0.25) is 0 Å². The Bertz CT molecular complexity index is 542. The number of likely N-dealkylation sites (tertiary alicyclic amines) is 1. The van der Waals surface area contributed by atoms with Crippen molar-refractivity contribution in [3.8, 4) is 0 Å². The summed E-state index contributed by atoms with van der Waals surface area (Å²) in [6.07, 6.45) is 2.30. The Morgan fingerprint density at radius 2 is 2.20 bits per heavy atom. The van der Waals surface area contributed by atoms with Gasteiger partial charge in [-0.2, -0.15) is 0 Å². The van der Waals surface area contributed by atoms with Crippen LogP contribution in [0.5, 0.6) is 0 Å². The molecule has 8 heteroatoms. The van der Waals surface area contributed by atoms with E-state index in [0.717, 1.165) is 24.2 Å². The average molecular weight is 298 g/mol. The van der Waals surface area contributed by atoms with Crippen LogP contribution in [0.4, 0.5) is 5.00 Å². The molecule has 2 heterocycles. The number of carboxylic acid groups (broad SMARTS) is 1. The van der Waals surface area contributed by atoms with Crippen LogP contribution in [0.3, 0.4) is 0 Å². The smallest absolute Gasteiger partial charge is 0.324 e. The molecule has 0 radical (unpaired) electrons. The molecule has 20 heavy (non-hydrogen) atoms. The van der Waals surface area contributed by atoms with Crippen molar-refractivity contribution in [2.24, 2.45) is 0 Å². The van der Waals surface area contributed by atoms with Gasteiger partial charge in [0, 0.05) is 18.7 Å². The van der Waals surface area contributed by atoms with E-state index in [4.69, 9.17) is 5.11 Å². The van der Waals surface area contributed by atoms with Gasteiger partial charge in [-0.1, -0.05) is 11.3 Å². The number of rotatable bonds is 4. The van der Waals surface area contributed by atoms with E-state index in [1.54, 1.807) is 0 Å². The van der Waals surface area contributed by atoms with Crippen molar-refractivity contribution in [2.45, 2.75) is 31.7 Å². The van der Waals surface area contributed by atoms with Crippen molar-refractivity contribution >= 4 is 28.2 Å². The Balaban J connectivity index is 2.15. The molecule has 108 valence electrons. The fraction of sp³-hybridized carbons (Fsp3) is 0.500. The van der Waals surface area contributed by atoms with Crippen LogP contribution in [0.25, 0.3) is 0 Å². The van der Waals surface area contributed by atoms with E-state index in [1.165, 1.54) is 17.0 Å². The zero-order valence-electron chi connectivity index (χ0n) is 10.7. The third kappa shape index (κ3) is 3.13. The predicted octanol–water partition coefficient (Wildman–Crippen LogP) is 2.13. The first kappa shape index (κ1) is 14.4. The molecule has 1 N–H and O–H groups in total. The lowest BCUT2D eigenvalue weighted by Crippen LogP contribution is -2.44. The number of carboxylic acids is 1. The number of nitro groups is 1. The van der Waals surface area contributed by atoms with Gasteiger partial charge in [-0.25, -0.2) is 0 Å². The second-order valence-corrected chi connectivity index (χ2v) is 5.70. The number of carbonyl (C=O) groups is 2. The van der Waals surface area contributed by atoms with Gasteiger partial charge >= 0.3 is 11.0 Å². The Kier molecular flexibility index (Phi) is 4.33. The van der Waals surface area contributed by atoms with Crippen molar-refractivity contribution in [1.82, 2.24) is 4.90 Å². The molecule has 1 aliphatic heterocycles. The van der Waals surface area contributed by atoms with Gasteiger partial charge in [0.05, 0.1) is 16.2 Å². The van der Waals surface area contributed by atoms with E-state index in [0.29, 0.717) is 13.0 Å². The quantitative estimate of drug-likeness (QED) is 0.677. The monoisotopic (exact) mass is 298 g/mol. The van der Waals surface area contributed by atoms with Gasteiger partial charge < -0.3 is 10.0 Å². The maximum atomic E-state index is 12.3. The number of thiophene rings is 1. The minimum atomic E-state index is -0.938. The highest BCUT2D eigenvalue weighted by molar-refractivity contribution is 7.17. The Morgan fingerprint density at radius 3 is 2.80 bits per heavy atom. The predicted molar refractivity (Wildman–Crippen MR) is 71.9 cm³/mol. The zero-order valence-corrected chi connectivity index (χ0v) is 11.5. The van der Waals surface area contributed by atoms with Crippen molar-refractivity contribution in [3.63, 3.8) is 0 Å². The van der Waals surface area contributed by atoms with E-state index in [-0.39, 0.29) is 28.2 Å².